The summed E-state index contributed by atoms with van der Waals surface area (Å²) in [6.45, 7) is 15.9. The molecule has 4 nitrogen and oxygen atoms in total. The Bertz CT molecular complexity index is 604. The molecule has 2 unspecified atom stereocenters. The summed E-state index contributed by atoms with van der Waals surface area (Å²) in [6, 6.07) is 0. The van der Waals surface area contributed by atoms with Crippen LogP contribution in [0, 0.1) is 23.7 Å². The van der Waals surface area contributed by atoms with E-state index in [2.05, 4.69) is 47.7 Å². The van der Waals surface area contributed by atoms with Crippen molar-refractivity contribution in [2.45, 2.75) is 84.2 Å². The van der Waals surface area contributed by atoms with Gasteiger partial charge in [0.2, 0.25) is 0 Å². The Morgan fingerprint density at radius 2 is 1.92 bits per heavy atom. The maximum absolute atomic E-state index is 12.1. The minimum absolute atomic E-state index is 0.0275. The van der Waals surface area contributed by atoms with Crippen molar-refractivity contribution in [1.82, 2.24) is 0 Å². The summed E-state index contributed by atoms with van der Waals surface area (Å²) in [4.78, 5) is 12.1. The Balaban J connectivity index is 1.86. The number of aliphatic hydroxyl groups is 1. The van der Waals surface area contributed by atoms with Crippen molar-refractivity contribution >= 4 is 14.3 Å². The van der Waals surface area contributed by atoms with Gasteiger partial charge in [-0.15, -0.1) is 0 Å². The maximum atomic E-state index is 12.1. The third kappa shape index (κ3) is 3.31. The van der Waals surface area contributed by atoms with Gasteiger partial charge in [0.15, 0.2) is 8.32 Å². The van der Waals surface area contributed by atoms with E-state index in [9.17, 15) is 9.90 Å². The summed E-state index contributed by atoms with van der Waals surface area (Å²) in [6.07, 6.45) is 3.02. The number of hydrogen-bond acceptors (Lipinski definition) is 4. The average molecular weight is 381 g/mol. The molecular weight excluding hydrogens is 344 g/mol. The molecule has 1 saturated heterocycles. The van der Waals surface area contributed by atoms with E-state index >= 15 is 0 Å². The van der Waals surface area contributed by atoms with Gasteiger partial charge in [0.05, 0.1) is 18.6 Å². The normalized spacial score (nSPS) is 38.1. The summed E-state index contributed by atoms with van der Waals surface area (Å²) in [5.41, 5.74) is 2.86. The van der Waals surface area contributed by atoms with Gasteiger partial charge in [0, 0.05) is 5.92 Å². The fourth-order valence-electron chi connectivity index (χ4n) is 4.85. The van der Waals surface area contributed by atoms with Gasteiger partial charge >= 0.3 is 5.97 Å². The molecular formula is C21H36O4Si. The third-order valence-electron chi connectivity index (χ3n) is 7.66. The predicted molar refractivity (Wildman–Crippen MR) is 105 cm³/mol. The molecule has 148 valence electrons. The molecule has 1 heterocycles. The Hall–Kier alpha value is -0.653. The highest BCUT2D eigenvalue weighted by atomic mass is 28.4. The second-order valence-corrected chi connectivity index (χ2v) is 15.0. The van der Waals surface area contributed by atoms with E-state index in [1.54, 1.807) is 0 Å². The van der Waals surface area contributed by atoms with Crippen LogP contribution >= 0.6 is 0 Å². The number of carbonyl (C=O) groups excluding carboxylic acids is 1. The second kappa shape index (κ2) is 6.75. The van der Waals surface area contributed by atoms with Gasteiger partial charge in [-0.2, -0.15) is 0 Å². The average Bonchev–Trinajstić information content (AvgIpc) is 2.92. The minimum Gasteiger partial charge on any atom is -0.462 e. The highest BCUT2D eigenvalue weighted by Gasteiger charge is 2.51. The van der Waals surface area contributed by atoms with E-state index in [1.807, 2.05) is 0 Å². The lowest BCUT2D eigenvalue weighted by Gasteiger charge is -2.39. The zero-order valence-corrected chi connectivity index (χ0v) is 18.5. The van der Waals surface area contributed by atoms with Crippen LogP contribution in [0.4, 0.5) is 0 Å². The first-order chi connectivity index (χ1) is 12.0. The Kier molecular flexibility index (Phi) is 5.21. The van der Waals surface area contributed by atoms with Crippen molar-refractivity contribution in [2.75, 3.05) is 6.61 Å². The number of fused-ring (bicyclic) bond motifs is 2. The summed E-state index contributed by atoms with van der Waals surface area (Å²) in [5.74, 6) is 0.559. The number of rotatable bonds is 3. The first-order valence-electron chi connectivity index (χ1n) is 10.1. The quantitative estimate of drug-likeness (QED) is 0.451. The van der Waals surface area contributed by atoms with E-state index in [4.69, 9.17) is 9.16 Å². The molecule has 0 spiro atoms. The monoisotopic (exact) mass is 380 g/mol. The fraction of sp³-hybridized carbons (Fsp3) is 0.857. The molecule has 0 aromatic carbocycles. The molecule has 0 radical (unpaired) electrons. The number of esters is 1. The summed E-state index contributed by atoms with van der Waals surface area (Å²) in [5, 5.41) is 9.90. The van der Waals surface area contributed by atoms with Crippen LogP contribution in [0.1, 0.15) is 53.9 Å². The third-order valence-corrected chi connectivity index (χ3v) is 12.1. The molecule has 0 aromatic rings. The van der Waals surface area contributed by atoms with Gasteiger partial charge in [-0.25, -0.2) is 0 Å². The lowest BCUT2D eigenvalue weighted by Crippen LogP contribution is -2.44. The largest absolute Gasteiger partial charge is 0.462 e. The summed E-state index contributed by atoms with van der Waals surface area (Å²) in [7, 11) is -1.82. The number of allylic oxidation sites excluding steroid dienone is 1. The van der Waals surface area contributed by atoms with Crippen molar-refractivity contribution in [2.24, 2.45) is 23.7 Å². The lowest BCUT2D eigenvalue weighted by atomic mass is 9.84. The highest BCUT2D eigenvalue weighted by molar-refractivity contribution is 6.74. The molecule has 0 amide bonds. The van der Waals surface area contributed by atoms with Gasteiger partial charge < -0.3 is 14.3 Å². The van der Waals surface area contributed by atoms with E-state index in [0.717, 1.165) is 19.3 Å². The predicted octanol–water partition coefficient (Wildman–Crippen LogP) is 4.29. The van der Waals surface area contributed by atoms with Crippen LogP contribution in [0.25, 0.3) is 0 Å². The van der Waals surface area contributed by atoms with Crippen LogP contribution in [0.5, 0.6) is 0 Å². The molecule has 2 fully saturated rings. The van der Waals surface area contributed by atoms with Crippen molar-refractivity contribution in [3.8, 4) is 0 Å². The van der Waals surface area contributed by atoms with Gasteiger partial charge in [-0.1, -0.05) is 33.3 Å². The second-order valence-electron chi connectivity index (χ2n) is 10.3. The first-order valence-corrected chi connectivity index (χ1v) is 13.1. The van der Waals surface area contributed by atoms with E-state index in [1.165, 1.54) is 11.1 Å². The molecule has 0 bridgehead atoms. The fourth-order valence-corrected chi connectivity index (χ4v) is 6.19. The Labute approximate surface area is 159 Å². The maximum Gasteiger partial charge on any atom is 0.311 e. The topological polar surface area (TPSA) is 55.8 Å². The molecule has 0 aromatic heterocycles. The van der Waals surface area contributed by atoms with Crippen LogP contribution in [-0.4, -0.2) is 38.2 Å². The molecule has 5 heteroatoms. The van der Waals surface area contributed by atoms with E-state index in [0.29, 0.717) is 11.8 Å². The van der Waals surface area contributed by atoms with Crippen molar-refractivity contribution in [1.29, 1.82) is 0 Å². The first kappa shape index (κ1) is 20.1. The van der Waals surface area contributed by atoms with Crippen LogP contribution in [0.15, 0.2) is 11.1 Å². The molecule has 2 aliphatic carbocycles. The number of ether oxygens (including phenoxy) is 1. The molecule has 6 atom stereocenters. The van der Waals surface area contributed by atoms with Crippen molar-refractivity contribution < 1.29 is 19.1 Å². The smallest absolute Gasteiger partial charge is 0.311 e. The zero-order valence-electron chi connectivity index (χ0n) is 17.5. The van der Waals surface area contributed by atoms with E-state index in [-0.39, 0.29) is 41.7 Å². The Morgan fingerprint density at radius 3 is 2.50 bits per heavy atom. The van der Waals surface area contributed by atoms with Crippen LogP contribution in [-0.2, 0) is 14.0 Å². The summed E-state index contributed by atoms with van der Waals surface area (Å²) >= 11 is 0. The van der Waals surface area contributed by atoms with Crippen LogP contribution in [0.3, 0.4) is 0 Å². The van der Waals surface area contributed by atoms with Crippen LogP contribution in [0.2, 0.25) is 18.1 Å². The van der Waals surface area contributed by atoms with Crippen molar-refractivity contribution in [3.63, 3.8) is 0 Å². The molecule has 3 rings (SSSR count). The molecule has 1 N–H and O–H groups in total. The Morgan fingerprint density at radius 1 is 1.27 bits per heavy atom. The van der Waals surface area contributed by atoms with Gasteiger partial charge in [0.25, 0.3) is 0 Å². The van der Waals surface area contributed by atoms with Gasteiger partial charge in [0.1, 0.15) is 6.10 Å². The molecule has 3 aliphatic rings. The number of carbonyl (C=O) groups is 1. The zero-order chi connectivity index (χ0) is 19.4. The molecule has 1 aliphatic heterocycles. The molecule has 26 heavy (non-hydrogen) atoms. The molecule has 1 saturated carbocycles. The van der Waals surface area contributed by atoms with Gasteiger partial charge in [-0.05, 0) is 61.7 Å². The summed E-state index contributed by atoms with van der Waals surface area (Å²) < 4.78 is 12.4. The number of aliphatic hydroxyl groups excluding tert-OH is 1. The minimum atomic E-state index is -1.82. The van der Waals surface area contributed by atoms with Crippen LogP contribution < -0.4 is 0 Å². The lowest BCUT2D eigenvalue weighted by molar-refractivity contribution is -0.145. The van der Waals surface area contributed by atoms with Crippen molar-refractivity contribution in [3.05, 3.63) is 11.1 Å². The number of hydrogen-bond donors (Lipinski definition) is 1. The van der Waals surface area contributed by atoms with E-state index < -0.39 is 8.32 Å². The van der Waals surface area contributed by atoms with Gasteiger partial charge in [-0.3, -0.25) is 4.79 Å². The highest BCUT2D eigenvalue weighted by Crippen LogP contribution is 2.51. The SMILES string of the molecule is CC1=C2C[C@@H]3C(CO)C(=O)O[C@@H]3C[C@H](C)[C@@H]2CC1O[Si](C)(C)C(C)(C)C. The standard InChI is InChI=1S/C21H36O4Si/c1-12-8-19-16(17(11-22)20(23)24-19)9-15-13(2)18(10-14(12)15)25-26(6,7)21(3,4)5/h12,14,16-19,22H,8-11H2,1-7H3/t12-,14-,16+,17?,18?,19+/m0/s1.